The first-order valence-electron chi connectivity index (χ1n) is 4.49. The van der Waals surface area contributed by atoms with Crippen molar-refractivity contribution >= 4 is 11.7 Å². The zero-order chi connectivity index (χ0) is 10.2. The Kier molecular flexibility index (Phi) is 1.87. The maximum absolute atomic E-state index is 11.0. The molecule has 0 unspecified atom stereocenters. The molecule has 1 aromatic rings. The second kappa shape index (κ2) is 2.94. The molecular formula is C9H12N4O. The topological polar surface area (TPSA) is 80.9 Å². The lowest BCUT2D eigenvalue weighted by molar-refractivity contribution is 0.100. The summed E-state index contributed by atoms with van der Waals surface area (Å²) >= 11 is 0. The van der Waals surface area contributed by atoms with Crippen molar-refractivity contribution < 1.29 is 4.79 Å². The van der Waals surface area contributed by atoms with Gasteiger partial charge < -0.3 is 11.1 Å². The van der Waals surface area contributed by atoms with Crippen LogP contribution in [0.4, 0.5) is 5.82 Å². The predicted octanol–water partition coefficient (Wildman–Crippen LogP) is 0.540. The number of amides is 1. The Labute approximate surface area is 81.7 Å². The Morgan fingerprint density at radius 2 is 2.36 bits per heavy atom. The van der Waals surface area contributed by atoms with Crippen LogP contribution in [0.3, 0.4) is 0 Å². The van der Waals surface area contributed by atoms with E-state index in [9.17, 15) is 4.79 Å². The molecule has 2 rings (SSSR count). The van der Waals surface area contributed by atoms with Gasteiger partial charge in [-0.2, -0.15) is 0 Å². The summed E-state index contributed by atoms with van der Waals surface area (Å²) in [5.41, 5.74) is 5.62. The SMILES string of the molecule is CC1(Nc2ncncc2C(N)=O)CC1. The number of nitrogens with zero attached hydrogens (tertiary/aromatic N) is 2. The van der Waals surface area contributed by atoms with Crippen molar-refractivity contribution in [2.75, 3.05) is 5.32 Å². The lowest BCUT2D eigenvalue weighted by Crippen LogP contribution is -2.22. The number of anilines is 1. The molecule has 0 radical (unpaired) electrons. The third-order valence-corrected chi connectivity index (χ3v) is 2.40. The molecule has 5 heteroatoms. The van der Waals surface area contributed by atoms with Gasteiger partial charge in [-0.15, -0.1) is 0 Å². The zero-order valence-corrected chi connectivity index (χ0v) is 7.95. The van der Waals surface area contributed by atoms with E-state index in [0.29, 0.717) is 11.4 Å². The summed E-state index contributed by atoms with van der Waals surface area (Å²) in [5.74, 6) is 0.0323. The summed E-state index contributed by atoms with van der Waals surface area (Å²) in [6.45, 7) is 2.08. The first-order valence-corrected chi connectivity index (χ1v) is 4.49. The van der Waals surface area contributed by atoms with E-state index in [-0.39, 0.29) is 5.54 Å². The largest absolute Gasteiger partial charge is 0.365 e. The first kappa shape index (κ1) is 8.93. The number of nitrogens with one attached hydrogen (secondary N) is 1. The molecule has 1 heterocycles. The lowest BCUT2D eigenvalue weighted by atomic mass is 10.2. The van der Waals surface area contributed by atoms with Crippen LogP contribution < -0.4 is 11.1 Å². The van der Waals surface area contributed by atoms with Gasteiger partial charge in [-0.3, -0.25) is 4.79 Å². The Balaban J connectivity index is 2.27. The van der Waals surface area contributed by atoms with Gasteiger partial charge in [-0.05, 0) is 19.8 Å². The van der Waals surface area contributed by atoms with Crippen LogP contribution in [-0.4, -0.2) is 21.4 Å². The number of carbonyl (C=O) groups is 1. The van der Waals surface area contributed by atoms with Crippen molar-refractivity contribution in [3.05, 3.63) is 18.1 Å². The van der Waals surface area contributed by atoms with Crippen LogP contribution in [-0.2, 0) is 0 Å². The molecule has 1 aromatic heterocycles. The van der Waals surface area contributed by atoms with E-state index in [2.05, 4.69) is 22.2 Å². The Bertz CT molecular complexity index is 373. The number of hydrogen-bond donors (Lipinski definition) is 2. The van der Waals surface area contributed by atoms with Gasteiger partial charge in [-0.1, -0.05) is 0 Å². The van der Waals surface area contributed by atoms with Gasteiger partial charge in [0, 0.05) is 11.7 Å². The fraction of sp³-hybridized carbons (Fsp3) is 0.444. The van der Waals surface area contributed by atoms with Crippen LogP contribution in [0.5, 0.6) is 0 Å². The molecule has 0 bridgehead atoms. The average molecular weight is 192 g/mol. The fourth-order valence-electron chi connectivity index (χ4n) is 1.21. The molecule has 1 amide bonds. The van der Waals surface area contributed by atoms with E-state index in [1.165, 1.54) is 12.5 Å². The molecule has 0 atom stereocenters. The molecule has 0 saturated heterocycles. The summed E-state index contributed by atoms with van der Waals surface area (Å²) in [6.07, 6.45) is 5.02. The van der Waals surface area contributed by atoms with Crippen LogP contribution in [0, 0.1) is 0 Å². The molecule has 1 aliphatic rings. The molecule has 3 N–H and O–H groups in total. The maximum Gasteiger partial charge on any atom is 0.254 e. The molecule has 74 valence electrons. The van der Waals surface area contributed by atoms with Crippen LogP contribution in [0.2, 0.25) is 0 Å². The molecule has 1 saturated carbocycles. The molecule has 0 spiro atoms. The van der Waals surface area contributed by atoms with Crippen molar-refractivity contribution in [2.24, 2.45) is 5.73 Å². The number of primary amides is 1. The van der Waals surface area contributed by atoms with E-state index < -0.39 is 5.91 Å². The fourth-order valence-corrected chi connectivity index (χ4v) is 1.21. The highest BCUT2D eigenvalue weighted by Crippen LogP contribution is 2.38. The van der Waals surface area contributed by atoms with Gasteiger partial charge in [0.05, 0.1) is 5.56 Å². The normalized spacial score (nSPS) is 17.5. The van der Waals surface area contributed by atoms with E-state index in [4.69, 9.17) is 5.73 Å². The van der Waals surface area contributed by atoms with Gasteiger partial charge >= 0.3 is 0 Å². The highest BCUT2D eigenvalue weighted by Gasteiger charge is 2.38. The maximum atomic E-state index is 11.0. The van der Waals surface area contributed by atoms with Crippen LogP contribution >= 0.6 is 0 Å². The highest BCUT2D eigenvalue weighted by atomic mass is 16.1. The number of hydrogen-bond acceptors (Lipinski definition) is 4. The molecule has 0 aliphatic heterocycles. The monoisotopic (exact) mass is 192 g/mol. The molecular weight excluding hydrogens is 180 g/mol. The smallest absolute Gasteiger partial charge is 0.254 e. The molecule has 14 heavy (non-hydrogen) atoms. The van der Waals surface area contributed by atoms with Gasteiger partial charge in [0.1, 0.15) is 12.1 Å². The summed E-state index contributed by atoms with van der Waals surface area (Å²) in [4.78, 5) is 18.8. The Morgan fingerprint density at radius 3 is 2.93 bits per heavy atom. The summed E-state index contributed by atoms with van der Waals surface area (Å²) < 4.78 is 0. The van der Waals surface area contributed by atoms with Crippen molar-refractivity contribution in [1.29, 1.82) is 0 Å². The second-order valence-electron chi connectivity index (χ2n) is 3.83. The quantitative estimate of drug-likeness (QED) is 0.732. The summed E-state index contributed by atoms with van der Waals surface area (Å²) in [7, 11) is 0. The number of aromatic nitrogens is 2. The first-order chi connectivity index (χ1) is 6.61. The Hall–Kier alpha value is -1.65. The van der Waals surface area contributed by atoms with Gasteiger partial charge in [-0.25, -0.2) is 9.97 Å². The highest BCUT2D eigenvalue weighted by molar-refractivity contribution is 5.97. The van der Waals surface area contributed by atoms with Gasteiger partial charge in [0.25, 0.3) is 5.91 Å². The number of carbonyl (C=O) groups excluding carboxylic acids is 1. The minimum absolute atomic E-state index is 0.0819. The van der Waals surface area contributed by atoms with Gasteiger partial charge in [0.2, 0.25) is 0 Å². The van der Waals surface area contributed by atoms with Crippen molar-refractivity contribution in [3.63, 3.8) is 0 Å². The van der Waals surface area contributed by atoms with Crippen molar-refractivity contribution in [3.8, 4) is 0 Å². The molecule has 1 fully saturated rings. The molecule has 1 aliphatic carbocycles. The minimum atomic E-state index is -0.502. The third kappa shape index (κ3) is 1.66. The van der Waals surface area contributed by atoms with E-state index in [0.717, 1.165) is 12.8 Å². The zero-order valence-electron chi connectivity index (χ0n) is 7.95. The summed E-state index contributed by atoms with van der Waals surface area (Å²) in [5, 5.41) is 3.19. The average Bonchev–Trinajstić information content (AvgIpc) is 2.84. The van der Waals surface area contributed by atoms with Crippen molar-refractivity contribution in [1.82, 2.24) is 9.97 Å². The van der Waals surface area contributed by atoms with E-state index >= 15 is 0 Å². The van der Waals surface area contributed by atoms with Crippen LogP contribution in [0.1, 0.15) is 30.1 Å². The second-order valence-corrected chi connectivity index (χ2v) is 3.83. The standard InChI is InChI=1S/C9H12N4O/c1-9(2-3-9)13-8-6(7(10)14)4-11-5-12-8/h4-5H,2-3H2,1H3,(H2,10,14)(H,11,12,13). The van der Waals surface area contributed by atoms with Crippen LogP contribution in [0.25, 0.3) is 0 Å². The summed E-state index contributed by atoms with van der Waals surface area (Å²) in [6, 6.07) is 0. The van der Waals surface area contributed by atoms with Crippen LogP contribution in [0.15, 0.2) is 12.5 Å². The number of nitrogens with two attached hydrogens (primary N) is 1. The van der Waals surface area contributed by atoms with Gasteiger partial charge in [0.15, 0.2) is 0 Å². The predicted molar refractivity (Wildman–Crippen MR) is 51.8 cm³/mol. The van der Waals surface area contributed by atoms with E-state index in [1.54, 1.807) is 0 Å². The number of rotatable bonds is 3. The van der Waals surface area contributed by atoms with Crippen molar-refractivity contribution in [2.45, 2.75) is 25.3 Å². The minimum Gasteiger partial charge on any atom is -0.365 e. The molecule has 0 aromatic carbocycles. The van der Waals surface area contributed by atoms with E-state index in [1.807, 2.05) is 0 Å². The third-order valence-electron chi connectivity index (χ3n) is 2.40. The molecule has 5 nitrogen and oxygen atoms in total. The Morgan fingerprint density at radius 1 is 1.64 bits per heavy atom. The lowest BCUT2D eigenvalue weighted by Gasteiger charge is -2.13.